The summed E-state index contributed by atoms with van der Waals surface area (Å²) in [5.41, 5.74) is 1.67. The van der Waals surface area contributed by atoms with Crippen LogP contribution in [-0.4, -0.2) is 24.8 Å². The predicted molar refractivity (Wildman–Crippen MR) is 58.6 cm³/mol. The minimum absolute atomic E-state index is 0.103. The highest BCUT2D eigenvalue weighted by Crippen LogP contribution is 2.27. The Bertz CT molecular complexity index is 495. The van der Waals surface area contributed by atoms with Crippen LogP contribution >= 0.6 is 0 Å². The van der Waals surface area contributed by atoms with Gasteiger partial charge in [0.25, 0.3) is 0 Å². The molecule has 0 bridgehead atoms. The number of aryl methyl sites for hydroxylation is 1. The van der Waals surface area contributed by atoms with E-state index >= 15 is 0 Å². The molecule has 0 atom stereocenters. The number of nitrogens with zero attached hydrogens (tertiary/aromatic N) is 1. The Morgan fingerprint density at radius 3 is 2.20 bits per heavy atom. The van der Waals surface area contributed by atoms with E-state index in [1.54, 1.807) is 20.8 Å². The van der Waals surface area contributed by atoms with Crippen molar-refractivity contribution in [1.29, 1.82) is 0 Å². The molecule has 0 spiro atoms. The van der Waals surface area contributed by atoms with Gasteiger partial charge in [-0.2, -0.15) is 0 Å². The monoisotopic (exact) mass is 230 g/mol. The maximum absolute atomic E-state index is 11.0. The summed E-state index contributed by atoms with van der Waals surface area (Å²) in [6, 6.07) is 0. The maximum atomic E-state index is 11.0. The van der Waals surface area contributed by atoms with Crippen LogP contribution in [0.25, 0.3) is 0 Å². The SMILES string of the molecule is Cc1nc(NS(C)(=O)=O)c(C)c(C)c1O. The molecule has 0 aliphatic heterocycles. The van der Waals surface area contributed by atoms with Crippen LogP contribution in [0.15, 0.2) is 0 Å². The highest BCUT2D eigenvalue weighted by atomic mass is 32.2. The van der Waals surface area contributed by atoms with Crippen LogP contribution in [0, 0.1) is 20.8 Å². The molecule has 0 aliphatic rings. The average Bonchev–Trinajstić information content (AvgIpc) is 2.08. The molecule has 1 heterocycles. The Hall–Kier alpha value is -1.30. The zero-order chi connectivity index (χ0) is 11.8. The van der Waals surface area contributed by atoms with Gasteiger partial charge >= 0.3 is 0 Å². The Labute approximate surface area is 89.2 Å². The Morgan fingerprint density at radius 2 is 1.73 bits per heavy atom. The third-order valence-corrected chi connectivity index (χ3v) is 2.74. The van der Waals surface area contributed by atoms with Gasteiger partial charge in [0, 0.05) is 0 Å². The number of hydrogen-bond acceptors (Lipinski definition) is 4. The van der Waals surface area contributed by atoms with Crippen LogP contribution < -0.4 is 4.72 Å². The van der Waals surface area contributed by atoms with E-state index in [4.69, 9.17) is 0 Å². The highest BCUT2D eigenvalue weighted by Gasteiger charge is 2.13. The van der Waals surface area contributed by atoms with E-state index in [0.717, 1.165) is 6.26 Å². The number of aromatic nitrogens is 1. The van der Waals surface area contributed by atoms with Gasteiger partial charge in [0.2, 0.25) is 10.0 Å². The number of pyridine rings is 1. The summed E-state index contributed by atoms with van der Waals surface area (Å²) in [5, 5.41) is 9.57. The quantitative estimate of drug-likeness (QED) is 0.797. The zero-order valence-electron chi connectivity index (χ0n) is 9.12. The van der Waals surface area contributed by atoms with Crippen molar-refractivity contribution in [3.05, 3.63) is 16.8 Å². The minimum Gasteiger partial charge on any atom is -0.506 e. The molecule has 15 heavy (non-hydrogen) atoms. The van der Waals surface area contributed by atoms with Crippen molar-refractivity contribution in [2.24, 2.45) is 0 Å². The molecular weight excluding hydrogens is 216 g/mol. The summed E-state index contributed by atoms with van der Waals surface area (Å²) in [4.78, 5) is 3.98. The predicted octanol–water partition coefficient (Wildman–Crippen LogP) is 1.08. The van der Waals surface area contributed by atoms with Gasteiger partial charge < -0.3 is 5.11 Å². The molecule has 0 amide bonds. The van der Waals surface area contributed by atoms with Crippen molar-refractivity contribution >= 4 is 15.8 Å². The van der Waals surface area contributed by atoms with Gasteiger partial charge in [-0.25, -0.2) is 13.4 Å². The summed E-state index contributed by atoms with van der Waals surface area (Å²) in [7, 11) is -3.34. The topological polar surface area (TPSA) is 79.3 Å². The second-order valence-electron chi connectivity index (χ2n) is 3.52. The lowest BCUT2D eigenvalue weighted by Gasteiger charge is -2.12. The van der Waals surface area contributed by atoms with Gasteiger partial charge in [-0.1, -0.05) is 0 Å². The molecule has 0 unspecified atom stereocenters. The average molecular weight is 230 g/mol. The summed E-state index contributed by atoms with van der Waals surface area (Å²) in [6.07, 6.45) is 1.06. The third-order valence-electron chi connectivity index (χ3n) is 2.18. The normalized spacial score (nSPS) is 11.5. The van der Waals surface area contributed by atoms with Crippen molar-refractivity contribution in [3.63, 3.8) is 0 Å². The first-order valence-corrected chi connectivity index (χ1v) is 6.26. The molecule has 0 radical (unpaired) electrons. The number of sulfonamides is 1. The molecule has 84 valence electrons. The first-order valence-electron chi connectivity index (χ1n) is 4.37. The van der Waals surface area contributed by atoms with Gasteiger partial charge in [0.15, 0.2) is 0 Å². The second kappa shape index (κ2) is 3.69. The van der Waals surface area contributed by atoms with Crippen LogP contribution in [-0.2, 0) is 10.0 Å². The standard InChI is InChI=1S/C9H14N2O3S/c1-5-6(2)9(11-15(4,13)14)10-7(3)8(5)12/h12H,1-4H3,(H,10,11). The number of nitrogens with one attached hydrogen (secondary N) is 1. The van der Waals surface area contributed by atoms with Crippen molar-refractivity contribution in [3.8, 4) is 5.75 Å². The summed E-state index contributed by atoms with van der Waals surface area (Å²) in [5.74, 6) is 0.372. The van der Waals surface area contributed by atoms with E-state index in [1.807, 2.05) is 0 Å². The fraction of sp³-hybridized carbons (Fsp3) is 0.444. The lowest BCUT2D eigenvalue weighted by Crippen LogP contribution is -2.13. The van der Waals surface area contributed by atoms with E-state index in [2.05, 4.69) is 9.71 Å². The first kappa shape index (κ1) is 11.8. The van der Waals surface area contributed by atoms with Gasteiger partial charge in [0.05, 0.1) is 11.9 Å². The summed E-state index contributed by atoms with van der Waals surface area (Å²) < 4.78 is 24.4. The van der Waals surface area contributed by atoms with E-state index in [9.17, 15) is 13.5 Å². The summed E-state index contributed by atoms with van der Waals surface area (Å²) in [6.45, 7) is 5.04. The highest BCUT2D eigenvalue weighted by molar-refractivity contribution is 7.92. The van der Waals surface area contributed by atoms with Gasteiger partial charge in [-0.3, -0.25) is 4.72 Å². The third kappa shape index (κ3) is 2.59. The molecule has 0 aliphatic carbocycles. The second-order valence-corrected chi connectivity index (χ2v) is 5.27. The largest absolute Gasteiger partial charge is 0.506 e. The first-order chi connectivity index (χ1) is 6.72. The fourth-order valence-electron chi connectivity index (χ4n) is 1.21. The molecule has 6 heteroatoms. The molecule has 0 fully saturated rings. The number of rotatable bonds is 2. The molecule has 1 aromatic rings. The Kier molecular flexibility index (Phi) is 2.90. The van der Waals surface area contributed by atoms with Crippen molar-refractivity contribution in [2.45, 2.75) is 20.8 Å². The summed E-state index contributed by atoms with van der Waals surface area (Å²) >= 11 is 0. The molecule has 1 rings (SSSR count). The van der Waals surface area contributed by atoms with Gasteiger partial charge in [0.1, 0.15) is 11.6 Å². The molecule has 0 saturated heterocycles. The van der Waals surface area contributed by atoms with Crippen LogP contribution in [0.4, 0.5) is 5.82 Å². The lowest BCUT2D eigenvalue weighted by molar-refractivity contribution is 0.463. The van der Waals surface area contributed by atoms with Crippen molar-refractivity contribution in [2.75, 3.05) is 11.0 Å². The number of aromatic hydroxyl groups is 1. The number of hydrogen-bond donors (Lipinski definition) is 2. The van der Waals surface area contributed by atoms with Crippen LogP contribution in [0.2, 0.25) is 0 Å². The van der Waals surface area contributed by atoms with E-state index in [1.165, 1.54) is 0 Å². The van der Waals surface area contributed by atoms with E-state index in [-0.39, 0.29) is 11.6 Å². The Morgan fingerprint density at radius 1 is 1.20 bits per heavy atom. The molecule has 5 nitrogen and oxygen atoms in total. The lowest BCUT2D eigenvalue weighted by atomic mass is 10.1. The van der Waals surface area contributed by atoms with Crippen molar-refractivity contribution < 1.29 is 13.5 Å². The number of anilines is 1. The van der Waals surface area contributed by atoms with Gasteiger partial charge in [-0.15, -0.1) is 0 Å². The minimum atomic E-state index is -3.34. The van der Waals surface area contributed by atoms with Gasteiger partial charge in [-0.05, 0) is 31.9 Å². The fourth-order valence-corrected chi connectivity index (χ4v) is 1.76. The molecule has 2 N–H and O–H groups in total. The molecule has 1 aromatic heterocycles. The van der Waals surface area contributed by atoms with E-state index in [0.29, 0.717) is 16.8 Å². The smallest absolute Gasteiger partial charge is 0.230 e. The maximum Gasteiger partial charge on any atom is 0.230 e. The Balaban J connectivity index is 3.33. The molecule has 0 aromatic carbocycles. The molecular formula is C9H14N2O3S. The van der Waals surface area contributed by atoms with Crippen LogP contribution in [0.3, 0.4) is 0 Å². The van der Waals surface area contributed by atoms with Crippen molar-refractivity contribution in [1.82, 2.24) is 4.98 Å². The van der Waals surface area contributed by atoms with Crippen LogP contribution in [0.1, 0.15) is 16.8 Å². The molecule has 0 saturated carbocycles. The van der Waals surface area contributed by atoms with Crippen LogP contribution in [0.5, 0.6) is 5.75 Å². The zero-order valence-corrected chi connectivity index (χ0v) is 9.94. The van der Waals surface area contributed by atoms with E-state index < -0.39 is 10.0 Å².